The monoisotopic (exact) mass is 571 g/mol. The standard InChI is InChI=1S/C24H41N7O.HI/c1-5-25-24(27-19-21-10-11-22(26-18-21)28(6-2)7-3)31-16-14-29(15-17-31)20(4)23(32)30-12-8-9-13-30;/h10-11,18,20H,5-9,12-17,19H2,1-4H3,(H,25,27);1H. The van der Waals surface area contributed by atoms with Gasteiger partial charge in [0.15, 0.2) is 5.96 Å². The van der Waals surface area contributed by atoms with Gasteiger partial charge in [0.2, 0.25) is 5.91 Å². The number of hydrogen-bond donors (Lipinski definition) is 1. The predicted molar refractivity (Wildman–Crippen MR) is 146 cm³/mol. The van der Waals surface area contributed by atoms with Crippen molar-refractivity contribution in [1.29, 1.82) is 0 Å². The van der Waals surface area contributed by atoms with E-state index in [0.717, 1.165) is 89.1 Å². The Bertz CT molecular complexity index is 740. The van der Waals surface area contributed by atoms with Crippen LogP contribution in [-0.4, -0.2) is 96.5 Å². The molecular formula is C24H42IN7O. The predicted octanol–water partition coefficient (Wildman–Crippen LogP) is 2.64. The van der Waals surface area contributed by atoms with Crippen LogP contribution in [0.1, 0.15) is 46.1 Å². The van der Waals surface area contributed by atoms with Crippen molar-refractivity contribution in [3.8, 4) is 0 Å². The summed E-state index contributed by atoms with van der Waals surface area (Å²) in [4.78, 5) is 31.1. The first-order chi connectivity index (χ1) is 15.6. The molecule has 2 aliphatic rings. The summed E-state index contributed by atoms with van der Waals surface area (Å²) in [6, 6.07) is 4.17. The van der Waals surface area contributed by atoms with E-state index in [9.17, 15) is 4.79 Å². The van der Waals surface area contributed by atoms with E-state index in [-0.39, 0.29) is 35.9 Å². The molecule has 3 heterocycles. The lowest BCUT2D eigenvalue weighted by Gasteiger charge is -2.39. The quantitative estimate of drug-likeness (QED) is 0.294. The SMILES string of the molecule is CCNC(=NCc1ccc(N(CC)CC)nc1)N1CCN(C(C)C(=O)N2CCCC2)CC1.I. The van der Waals surface area contributed by atoms with Gasteiger partial charge in [0.05, 0.1) is 12.6 Å². The van der Waals surface area contributed by atoms with E-state index < -0.39 is 0 Å². The lowest BCUT2D eigenvalue weighted by Crippen LogP contribution is -2.57. The van der Waals surface area contributed by atoms with E-state index in [4.69, 9.17) is 4.99 Å². The van der Waals surface area contributed by atoms with Crippen LogP contribution in [0.3, 0.4) is 0 Å². The number of carbonyl (C=O) groups is 1. The minimum absolute atomic E-state index is 0. The Balaban J connectivity index is 0.00000385. The maximum atomic E-state index is 12.8. The van der Waals surface area contributed by atoms with Gasteiger partial charge in [0.1, 0.15) is 5.82 Å². The third-order valence-electron chi connectivity index (χ3n) is 6.58. The Labute approximate surface area is 216 Å². The summed E-state index contributed by atoms with van der Waals surface area (Å²) in [5.41, 5.74) is 1.11. The third kappa shape index (κ3) is 7.43. The van der Waals surface area contributed by atoms with Crippen LogP contribution in [0, 0.1) is 0 Å². The highest BCUT2D eigenvalue weighted by Crippen LogP contribution is 2.15. The molecule has 1 atom stereocenters. The van der Waals surface area contributed by atoms with Crippen LogP contribution < -0.4 is 10.2 Å². The van der Waals surface area contributed by atoms with Crippen LogP contribution in [-0.2, 0) is 11.3 Å². The molecule has 1 amide bonds. The van der Waals surface area contributed by atoms with Gasteiger partial charge in [-0.1, -0.05) is 6.07 Å². The maximum Gasteiger partial charge on any atom is 0.239 e. The maximum absolute atomic E-state index is 12.8. The highest BCUT2D eigenvalue weighted by molar-refractivity contribution is 14.0. The molecule has 0 aliphatic carbocycles. The molecule has 2 saturated heterocycles. The number of amides is 1. The van der Waals surface area contributed by atoms with Crippen LogP contribution in [0.4, 0.5) is 5.82 Å². The van der Waals surface area contributed by atoms with Gasteiger partial charge >= 0.3 is 0 Å². The van der Waals surface area contributed by atoms with E-state index in [2.05, 4.69) is 64.8 Å². The molecule has 1 unspecified atom stereocenters. The van der Waals surface area contributed by atoms with E-state index >= 15 is 0 Å². The molecule has 0 aromatic carbocycles. The van der Waals surface area contributed by atoms with Crippen molar-refractivity contribution in [3.63, 3.8) is 0 Å². The van der Waals surface area contributed by atoms with Crippen LogP contribution in [0.25, 0.3) is 0 Å². The number of piperazine rings is 1. The molecule has 3 rings (SSSR count). The number of pyridine rings is 1. The molecule has 2 aliphatic heterocycles. The van der Waals surface area contributed by atoms with Crippen molar-refractivity contribution < 1.29 is 4.79 Å². The molecule has 0 spiro atoms. The molecule has 1 aromatic rings. The topological polar surface area (TPSA) is 67.3 Å². The van der Waals surface area contributed by atoms with Crippen LogP contribution >= 0.6 is 24.0 Å². The Morgan fingerprint density at radius 1 is 1.06 bits per heavy atom. The van der Waals surface area contributed by atoms with Gasteiger partial charge in [-0.05, 0) is 52.2 Å². The second-order valence-electron chi connectivity index (χ2n) is 8.60. The zero-order valence-electron chi connectivity index (χ0n) is 20.8. The minimum Gasteiger partial charge on any atom is -0.357 e. The van der Waals surface area contributed by atoms with E-state index in [1.54, 1.807) is 0 Å². The number of carbonyl (C=O) groups excluding carboxylic acids is 1. The number of halogens is 1. The highest BCUT2D eigenvalue weighted by Gasteiger charge is 2.30. The first kappa shape index (κ1) is 27.6. The number of aliphatic imine (C=N–C) groups is 1. The van der Waals surface area contributed by atoms with Crippen molar-refractivity contribution >= 4 is 41.7 Å². The van der Waals surface area contributed by atoms with Gasteiger partial charge in [-0.25, -0.2) is 9.98 Å². The Morgan fingerprint density at radius 2 is 1.73 bits per heavy atom. The van der Waals surface area contributed by atoms with Gasteiger partial charge in [-0.15, -0.1) is 24.0 Å². The second kappa shape index (κ2) is 13.9. The summed E-state index contributed by atoms with van der Waals surface area (Å²) in [6.07, 6.45) is 4.22. The molecule has 9 heteroatoms. The summed E-state index contributed by atoms with van der Waals surface area (Å²) in [5.74, 6) is 2.25. The van der Waals surface area contributed by atoms with Crippen LogP contribution in [0.2, 0.25) is 0 Å². The summed E-state index contributed by atoms with van der Waals surface area (Å²) in [7, 11) is 0. The van der Waals surface area contributed by atoms with Crippen LogP contribution in [0.5, 0.6) is 0 Å². The van der Waals surface area contributed by atoms with Gasteiger partial charge < -0.3 is 20.0 Å². The Morgan fingerprint density at radius 3 is 2.27 bits per heavy atom. The fourth-order valence-corrected chi connectivity index (χ4v) is 4.52. The summed E-state index contributed by atoms with van der Waals surface area (Å²) < 4.78 is 0. The lowest BCUT2D eigenvalue weighted by molar-refractivity contribution is -0.135. The van der Waals surface area contributed by atoms with Gasteiger partial charge in [-0.2, -0.15) is 0 Å². The third-order valence-corrected chi connectivity index (χ3v) is 6.58. The number of hydrogen-bond acceptors (Lipinski definition) is 5. The zero-order chi connectivity index (χ0) is 22.9. The van der Waals surface area contributed by atoms with Gasteiger partial charge in [0.25, 0.3) is 0 Å². The van der Waals surface area contributed by atoms with Gasteiger partial charge in [-0.3, -0.25) is 9.69 Å². The molecule has 8 nitrogen and oxygen atoms in total. The first-order valence-corrected chi connectivity index (χ1v) is 12.3. The molecule has 0 radical (unpaired) electrons. The average Bonchev–Trinajstić information content (AvgIpc) is 3.37. The molecule has 2 fully saturated rings. The molecule has 0 bridgehead atoms. The normalized spacial score (nSPS) is 18.1. The van der Waals surface area contributed by atoms with Crippen molar-refractivity contribution in [3.05, 3.63) is 23.9 Å². The zero-order valence-corrected chi connectivity index (χ0v) is 23.1. The molecule has 0 saturated carbocycles. The summed E-state index contributed by atoms with van der Waals surface area (Å²) in [6.45, 7) is 17.2. The minimum atomic E-state index is -0.0369. The number of guanidine groups is 1. The number of anilines is 1. The summed E-state index contributed by atoms with van der Waals surface area (Å²) >= 11 is 0. The Kier molecular flexibility index (Phi) is 11.7. The van der Waals surface area contributed by atoms with E-state index in [1.807, 2.05) is 11.1 Å². The first-order valence-electron chi connectivity index (χ1n) is 12.3. The molecule has 1 aromatic heterocycles. The number of rotatable bonds is 8. The summed E-state index contributed by atoms with van der Waals surface area (Å²) in [5, 5.41) is 3.44. The smallest absolute Gasteiger partial charge is 0.239 e. The molecular weight excluding hydrogens is 529 g/mol. The number of nitrogens with zero attached hydrogens (tertiary/aromatic N) is 6. The molecule has 33 heavy (non-hydrogen) atoms. The van der Waals surface area contributed by atoms with Crippen molar-refractivity contribution in [1.82, 2.24) is 25.0 Å². The molecule has 1 N–H and O–H groups in total. The van der Waals surface area contributed by atoms with E-state index in [1.165, 1.54) is 0 Å². The van der Waals surface area contributed by atoms with Crippen molar-refractivity contribution in [2.45, 2.75) is 53.1 Å². The van der Waals surface area contributed by atoms with Crippen LogP contribution in [0.15, 0.2) is 23.3 Å². The molecule has 186 valence electrons. The highest BCUT2D eigenvalue weighted by atomic mass is 127. The fourth-order valence-electron chi connectivity index (χ4n) is 4.52. The fraction of sp³-hybridized carbons (Fsp3) is 0.708. The second-order valence-corrected chi connectivity index (χ2v) is 8.60. The van der Waals surface area contributed by atoms with Crippen molar-refractivity contribution in [2.24, 2.45) is 4.99 Å². The lowest BCUT2D eigenvalue weighted by atomic mass is 10.2. The van der Waals surface area contributed by atoms with Gasteiger partial charge in [0, 0.05) is 65.1 Å². The largest absolute Gasteiger partial charge is 0.357 e. The van der Waals surface area contributed by atoms with E-state index in [0.29, 0.717) is 6.54 Å². The van der Waals surface area contributed by atoms with Crippen molar-refractivity contribution in [2.75, 3.05) is 63.8 Å². The number of nitrogens with one attached hydrogen (secondary N) is 1. The number of aromatic nitrogens is 1. The Hall–Kier alpha value is -1.62. The average molecular weight is 572 g/mol. The number of likely N-dealkylation sites (tertiary alicyclic amines) is 1.